The normalized spacial score (nSPS) is 9.77. The summed E-state index contributed by atoms with van der Waals surface area (Å²) in [5.41, 5.74) is 7.20. The minimum atomic E-state index is -0.750. The molecular formula is C7H7ClFN3O. The van der Waals surface area contributed by atoms with E-state index in [2.05, 4.69) is 0 Å². The molecule has 0 aliphatic carbocycles. The molecule has 1 aromatic rings. The molecule has 4 nitrogen and oxygen atoms in total. The van der Waals surface area contributed by atoms with E-state index in [0.29, 0.717) is 0 Å². The number of nitrogen functional groups attached to an aromatic ring is 2. The van der Waals surface area contributed by atoms with Gasteiger partial charge in [-0.05, 0) is 12.1 Å². The Balaban J connectivity index is 3.20. The number of halogens is 2. The molecule has 0 radical (unpaired) electrons. The summed E-state index contributed by atoms with van der Waals surface area (Å²) < 4.78 is 12.9. The van der Waals surface area contributed by atoms with E-state index in [0.717, 1.165) is 6.07 Å². The Bertz CT molecular complexity index is 333. The molecule has 6 heteroatoms. The lowest BCUT2D eigenvalue weighted by Gasteiger charge is -2.03. The molecule has 0 saturated heterocycles. The van der Waals surface area contributed by atoms with Crippen LogP contribution in [0.25, 0.3) is 0 Å². The number of amides is 1. The van der Waals surface area contributed by atoms with Gasteiger partial charge in [-0.25, -0.2) is 10.2 Å². The van der Waals surface area contributed by atoms with Crippen molar-refractivity contribution in [2.75, 3.05) is 5.73 Å². The fourth-order valence-electron chi connectivity index (χ4n) is 0.825. The summed E-state index contributed by atoms with van der Waals surface area (Å²) >= 11 is 5.43. The average molecular weight is 204 g/mol. The first-order valence-electron chi connectivity index (χ1n) is 3.31. The number of nitrogens with two attached hydrogens (primary N) is 2. The van der Waals surface area contributed by atoms with Crippen LogP contribution in [0, 0.1) is 5.82 Å². The van der Waals surface area contributed by atoms with Crippen molar-refractivity contribution >= 4 is 23.2 Å². The van der Waals surface area contributed by atoms with Crippen molar-refractivity contribution in [3.63, 3.8) is 0 Å². The van der Waals surface area contributed by atoms with Crippen LogP contribution in [-0.4, -0.2) is 5.91 Å². The maximum Gasteiger partial charge on any atom is 0.265 e. The zero-order valence-electron chi connectivity index (χ0n) is 6.47. The van der Waals surface area contributed by atoms with Crippen LogP contribution in [0.4, 0.5) is 10.1 Å². The van der Waals surface area contributed by atoms with E-state index in [1.807, 2.05) is 5.43 Å². The molecule has 70 valence electrons. The minimum absolute atomic E-state index is 0.000247. The molecule has 0 fully saturated rings. The number of carbonyl (C=O) groups excluding carboxylic acids is 1. The third-order valence-corrected chi connectivity index (χ3v) is 1.85. The zero-order chi connectivity index (χ0) is 10.0. The molecule has 0 heterocycles. The van der Waals surface area contributed by atoms with Crippen molar-refractivity contribution in [1.82, 2.24) is 5.43 Å². The third-order valence-electron chi connectivity index (χ3n) is 1.45. The van der Waals surface area contributed by atoms with Crippen molar-refractivity contribution < 1.29 is 9.18 Å². The fourth-order valence-corrected chi connectivity index (χ4v) is 0.934. The van der Waals surface area contributed by atoms with Gasteiger partial charge in [-0.15, -0.1) is 0 Å². The van der Waals surface area contributed by atoms with E-state index in [9.17, 15) is 9.18 Å². The first-order chi connectivity index (χ1) is 6.06. The summed E-state index contributed by atoms with van der Waals surface area (Å²) in [6.45, 7) is 0. The highest BCUT2D eigenvalue weighted by Crippen LogP contribution is 2.23. The highest BCUT2D eigenvalue weighted by molar-refractivity contribution is 6.33. The van der Waals surface area contributed by atoms with E-state index < -0.39 is 11.7 Å². The highest BCUT2D eigenvalue weighted by Gasteiger charge is 2.10. The van der Waals surface area contributed by atoms with Gasteiger partial charge in [0.15, 0.2) is 0 Å². The van der Waals surface area contributed by atoms with Gasteiger partial charge in [0.1, 0.15) is 5.82 Å². The van der Waals surface area contributed by atoms with E-state index >= 15 is 0 Å². The van der Waals surface area contributed by atoms with Crippen LogP contribution < -0.4 is 17.0 Å². The Morgan fingerprint density at radius 3 is 2.62 bits per heavy atom. The lowest BCUT2D eigenvalue weighted by atomic mass is 10.2. The average Bonchev–Trinajstić information content (AvgIpc) is 2.12. The number of hydrazine groups is 1. The van der Waals surface area contributed by atoms with Gasteiger partial charge in [0, 0.05) is 5.56 Å². The molecule has 0 atom stereocenters. The van der Waals surface area contributed by atoms with Crippen molar-refractivity contribution in [1.29, 1.82) is 0 Å². The molecule has 5 N–H and O–H groups in total. The van der Waals surface area contributed by atoms with Crippen LogP contribution in [-0.2, 0) is 0 Å². The van der Waals surface area contributed by atoms with E-state index in [1.165, 1.54) is 6.07 Å². The predicted molar refractivity (Wildman–Crippen MR) is 47.5 cm³/mol. The first-order valence-corrected chi connectivity index (χ1v) is 3.69. The number of benzene rings is 1. The van der Waals surface area contributed by atoms with Crippen molar-refractivity contribution in [2.45, 2.75) is 0 Å². The number of nitrogens with one attached hydrogen (secondary N) is 1. The fraction of sp³-hybridized carbons (Fsp3) is 0. The third kappa shape index (κ3) is 1.88. The smallest absolute Gasteiger partial charge is 0.265 e. The van der Waals surface area contributed by atoms with Crippen molar-refractivity contribution in [3.05, 3.63) is 28.5 Å². The molecule has 0 spiro atoms. The van der Waals surface area contributed by atoms with Crippen LogP contribution >= 0.6 is 11.6 Å². The van der Waals surface area contributed by atoms with Gasteiger partial charge in [0.05, 0.1) is 10.7 Å². The molecular weight excluding hydrogens is 197 g/mol. The number of rotatable bonds is 1. The number of carbonyl (C=O) groups is 1. The Morgan fingerprint density at radius 2 is 2.15 bits per heavy atom. The second-order valence-corrected chi connectivity index (χ2v) is 2.71. The largest absolute Gasteiger partial charge is 0.397 e. The summed E-state index contributed by atoms with van der Waals surface area (Å²) in [4.78, 5) is 10.9. The Kier molecular flexibility index (Phi) is 2.69. The molecule has 1 amide bonds. The first kappa shape index (κ1) is 9.76. The molecule has 13 heavy (non-hydrogen) atoms. The number of hydrogen-bond donors (Lipinski definition) is 3. The molecule has 1 rings (SSSR count). The second-order valence-electron chi connectivity index (χ2n) is 2.33. The van der Waals surface area contributed by atoms with Gasteiger partial charge in [-0.1, -0.05) is 11.6 Å². The maximum absolute atomic E-state index is 12.9. The molecule has 0 saturated carbocycles. The summed E-state index contributed by atoms with van der Waals surface area (Å²) in [7, 11) is 0. The van der Waals surface area contributed by atoms with E-state index in [4.69, 9.17) is 23.2 Å². The second kappa shape index (κ2) is 3.59. The zero-order valence-corrected chi connectivity index (χ0v) is 7.23. The highest BCUT2D eigenvalue weighted by atomic mass is 35.5. The molecule has 0 unspecified atom stereocenters. The lowest BCUT2D eigenvalue weighted by molar-refractivity contribution is 0.0953. The van der Waals surface area contributed by atoms with Crippen molar-refractivity contribution in [2.24, 2.45) is 5.84 Å². The van der Waals surface area contributed by atoms with Crippen molar-refractivity contribution in [3.8, 4) is 0 Å². The Morgan fingerprint density at radius 1 is 1.54 bits per heavy atom. The molecule has 0 bridgehead atoms. The Labute approximate surface area is 78.6 Å². The van der Waals surface area contributed by atoms with Gasteiger partial charge in [-0.3, -0.25) is 10.2 Å². The topological polar surface area (TPSA) is 81.1 Å². The number of anilines is 1. The summed E-state index contributed by atoms with van der Waals surface area (Å²) in [6, 6.07) is 2.20. The minimum Gasteiger partial charge on any atom is -0.397 e. The standard InChI is InChI=1S/C7H7ClFN3O/c8-6-4(9)1-3(2-5(6)10)7(13)12-11/h1-2H,10-11H2,(H,12,13). The monoisotopic (exact) mass is 203 g/mol. The van der Waals surface area contributed by atoms with E-state index in [1.54, 1.807) is 0 Å². The van der Waals surface area contributed by atoms with Gasteiger partial charge in [0.2, 0.25) is 0 Å². The van der Waals surface area contributed by atoms with Crippen LogP contribution in [0.3, 0.4) is 0 Å². The molecule has 0 aliphatic heterocycles. The predicted octanol–water partition coefficient (Wildman–Crippen LogP) is 0.665. The van der Waals surface area contributed by atoms with Crippen LogP contribution in [0.1, 0.15) is 10.4 Å². The SMILES string of the molecule is NNC(=O)c1cc(N)c(Cl)c(F)c1. The van der Waals surface area contributed by atoms with Crippen LogP contribution in [0.5, 0.6) is 0 Å². The summed E-state index contributed by atoms with van der Waals surface area (Å²) in [5.74, 6) is 3.47. The van der Waals surface area contributed by atoms with Gasteiger partial charge >= 0.3 is 0 Å². The molecule has 0 aliphatic rings. The van der Waals surface area contributed by atoms with Gasteiger partial charge < -0.3 is 5.73 Å². The number of hydrogen-bond acceptors (Lipinski definition) is 3. The molecule has 0 aromatic heterocycles. The van der Waals surface area contributed by atoms with Gasteiger partial charge in [-0.2, -0.15) is 0 Å². The molecule has 1 aromatic carbocycles. The van der Waals surface area contributed by atoms with Gasteiger partial charge in [0.25, 0.3) is 5.91 Å². The summed E-state index contributed by atoms with van der Waals surface area (Å²) in [5, 5.41) is -0.200. The Hall–Kier alpha value is -1.33. The van der Waals surface area contributed by atoms with Crippen LogP contribution in [0.2, 0.25) is 5.02 Å². The maximum atomic E-state index is 12.9. The quantitative estimate of drug-likeness (QED) is 0.272. The summed E-state index contributed by atoms with van der Waals surface area (Å²) in [6.07, 6.45) is 0. The lowest BCUT2D eigenvalue weighted by Crippen LogP contribution is -2.30. The van der Waals surface area contributed by atoms with E-state index in [-0.39, 0.29) is 16.3 Å². The van der Waals surface area contributed by atoms with Crippen LogP contribution in [0.15, 0.2) is 12.1 Å².